The number of likely N-dealkylation sites (tertiary alicyclic amines) is 1. The maximum Gasteiger partial charge on any atom is 0.119 e. The first kappa shape index (κ1) is 18.7. The lowest BCUT2D eigenvalue weighted by molar-refractivity contribution is -0.0325. The van der Waals surface area contributed by atoms with Crippen LogP contribution in [-0.2, 0) is 6.42 Å². The van der Waals surface area contributed by atoms with Crippen molar-refractivity contribution in [3.8, 4) is 5.75 Å². The molecule has 4 N–H and O–H groups in total. The molecule has 5 heteroatoms. The Balaban J connectivity index is 1.41. The van der Waals surface area contributed by atoms with Gasteiger partial charge in [-0.15, -0.1) is 0 Å². The van der Waals surface area contributed by atoms with E-state index in [9.17, 15) is 10.2 Å². The largest absolute Gasteiger partial charge is 0.491 e. The summed E-state index contributed by atoms with van der Waals surface area (Å²) in [5.41, 5.74) is 6.85. The molecule has 140 valence electrons. The number of ether oxygens (including phenoxy) is 1. The molecule has 3 rings (SSSR count). The summed E-state index contributed by atoms with van der Waals surface area (Å²) in [5.74, 6) is 0.703. The lowest BCUT2D eigenvalue weighted by Gasteiger charge is -2.39. The maximum absolute atomic E-state index is 10.8. The van der Waals surface area contributed by atoms with Crippen LogP contribution in [-0.4, -0.2) is 53.1 Å². The fraction of sp³-hybridized carbons (Fsp3) is 0.429. The van der Waals surface area contributed by atoms with Gasteiger partial charge in [-0.25, -0.2) is 0 Å². The third-order valence-corrected chi connectivity index (χ3v) is 4.95. The van der Waals surface area contributed by atoms with Crippen molar-refractivity contribution in [2.75, 3.05) is 32.0 Å². The van der Waals surface area contributed by atoms with E-state index in [0.717, 1.165) is 13.1 Å². The van der Waals surface area contributed by atoms with E-state index in [-0.39, 0.29) is 6.61 Å². The fourth-order valence-corrected chi connectivity index (χ4v) is 3.41. The van der Waals surface area contributed by atoms with Crippen molar-refractivity contribution in [2.45, 2.75) is 31.0 Å². The van der Waals surface area contributed by atoms with Gasteiger partial charge in [0.25, 0.3) is 0 Å². The average Bonchev–Trinajstić information content (AvgIpc) is 2.64. The number of hydrogen-bond acceptors (Lipinski definition) is 5. The third-order valence-electron chi connectivity index (χ3n) is 4.95. The third kappa shape index (κ3) is 5.46. The topological polar surface area (TPSA) is 79.0 Å². The molecule has 1 fully saturated rings. The number of nitrogen functional groups attached to an aromatic ring is 1. The SMILES string of the molecule is Nc1ccc(OCC(O)CN2CCC(O)(Cc3ccccc3)CC2)cc1. The molecule has 0 aliphatic carbocycles. The standard InChI is InChI=1S/C21H28N2O3/c22-18-6-8-20(9-7-18)26-16-19(24)15-23-12-10-21(25,11-13-23)14-17-4-2-1-3-5-17/h1-9,19,24-25H,10-16,22H2. The molecule has 1 atom stereocenters. The number of hydrogen-bond donors (Lipinski definition) is 3. The van der Waals surface area contributed by atoms with Crippen molar-refractivity contribution in [3.05, 3.63) is 60.2 Å². The predicted octanol–water partition coefficient (Wildman–Crippen LogP) is 2.08. The lowest BCUT2D eigenvalue weighted by Crippen LogP contribution is -2.48. The number of anilines is 1. The number of nitrogens with zero attached hydrogens (tertiary/aromatic N) is 1. The summed E-state index contributed by atoms with van der Waals surface area (Å²) in [7, 11) is 0. The highest BCUT2D eigenvalue weighted by atomic mass is 16.5. The van der Waals surface area contributed by atoms with Gasteiger partial charge in [0.1, 0.15) is 18.5 Å². The van der Waals surface area contributed by atoms with Crippen LogP contribution in [0.2, 0.25) is 0 Å². The minimum Gasteiger partial charge on any atom is -0.491 e. The van der Waals surface area contributed by atoms with Crippen LogP contribution in [0, 0.1) is 0 Å². The Hall–Kier alpha value is -2.08. The van der Waals surface area contributed by atoms with Crippen molar-refractivity contribution in [1.82, 2.24) is 4.90 Å². The van der Waals surface area contributed by atoms with Crippen LogP contribution in [0.1, 0.15) is 18.4 Å². The first-order chi connectivity index (χ1) is 12.5. The first-order valence-corrected chi connectivity index (χ1v) is 9.17. The highest BCUT2D eigenvalue weighted by Crippen LogP contribution is 2.26. The summed E-state index contributed by atoms with van der Waals surface area (Å²) >= 11 is 0. The number of β-amino-alcohol motifs (C(OH)–C–C–N with tert-alkyl or cyclic N) is 1. The Morgan fingerprint density at radius 2 is 1.69 bits per heavy atom. The lowest BCUT2D eigenvalue weighted by atomic mass is 9.85. The van der Waals surface area contributed by atoms with E-state index in [1.165, 1.54) is 5.56 Å². The van der Waals surface area contributed by atoms with E-state index in [2.05, 4.69) is 17.0 Å². The number of piperidine rings is 1. The number of benzene rings is 2. The highest BCUT2D eigenvalue weighted by Gasteiger charge is 2.32. The Kier molecular flexibility index (Phi) is 6.14. The van der Waals surface area contributed by atoms with Gasteiger partial charge in [-0.05, 0) is 42.7 Å². The molecule has 1 heterocycles. The molecular weight excluding hydrogens is 328 g/mol. The second-order valence-corrected chi connectivity index (χ2v) is 7.22. The van der Waals surface area contributed by atoms with Crippen molar-refractivity contribution >= 4 is 5.69 Å². The van der Waals surface area contributed by atoms with E-state index < -0.39 is 11.7 Å². The molecule has 2 aromatic carbocycles. The van der Waals surface area contributed by atoms with Crippen LogP contribution in [0.15, 0.2) is 54.6 Å². The second kappa shape index (κ2) is 8.54. The Bertz CT molecular complexity index is 667. The van der Waals surface area contributed by atoms with Crippen molar-refractivity contribution in [1.29, 1.82) is 0 Å². The summed E-state index contributed by atoms with van der Waals surface area (Å²) in [5, 5.41) is 21.1. The second-order valence-electron chi connectivity index (χ2n) is 7.22. The molecule has 26 heavy (non-hydrogen) atoms. The van der Waals surface area contributed by atoms with Crippen molar-refractivity contribution in [3.63, 3.8) is 0 Å². The van der Waals surface area contributed by atoms with E-state index in [4.69, 9.17) is 10.5 Å². The van der Waals surface area contributed by atoms with Crippen LogP contribution < -0.4 is 10.5 Å². The van der Waals surface area contributed by atoms with Crippen LogP contribution in [0.25, 0.3) is 0 Å². The Morgan fingerprint density at radius 3 is 2.35 bits per heavy atom. The van der Waals surface area contributed by atoms with E-state index >= 15 is 0 Å². The van der Waals surface area contributed by atoms with Gasteiger partial charge in [0, 0.05) is 31.7 Å². The molecule has 0 spiro atoms. The monoisotopic (exact) mass is 356 g/mol. The van der Waals surface area contributed by atoms with Crippen molar-refractivity contribution in [2.24, 2.45) is 0 Å². The quantitative estimate of drug-likeness (QED) is 0.662. The normalized spacial score (nSPS) is 18.4. The molecule has 0 bridgehead atoms. The van der Waals surface area contributed by atoms with E-state index in [1.54, 1.807) is 24.3 Å². The van der Waals surface area contributed by atoms with Gasteiger partial charge >= 0.3 is 0 Å². The molecule has 1 saturated heterocycles. The molecule has 1 aliphatic rings. The minimum absolute atomic E-state index is 0.245. The van der Waals surface area contributed by atoms with Gasteiger partial charge in [-0.3, -0.25) is 0 Å². The fourth-order valence-electron chi connectivity index (χ4n) is 3.41. The molecule has 1 unspecified atom stereocenters. The molecule has 1 aliphatic heterocycles. The smallest absolute Gasteiger partial charge is 0.119 e. The van der Waals surface area contributed by atoms with Gasteiger partial charge in [0.05, 0.1) is 5.60 Å². The molecular formula is C21H28N2O3. The Morgan fingerprint density at radius 1 is 1.04 bits per heavy atom. The average molecular weight is 356 g/mol. The molecule has 0 aromatic heterocycles. The van der Waals surface area contributed by atoms with Crippen molar-refractivity contribution < 1.29 is 14.9 Å². The number of aliphatic hydroxyl groups excluding tert-OH is 1. The van der Waals surface area contributed by atoms with Gasteiger partial charge < -0.3 is 25.6 Å². The molecule has 0 amide bonds. The molecule has 0 radical (unpaired) electrons. The first-order valence-electron chi connectivity index (χ1n) is 9.17. The van der Waals surface area contributed by atoms with Gasteiger partial charge in [0.2, 0.25) is 0 Å². The summed E-state index contributed by atoms with van der Waals surface area (Å²) in [6, 6.07) is 17.3. The summed E-state index contributed by atoms with van der Waals surface area (Å²) in [6.07, 6.45) is 1.55. The minimum atomic E-state index is -0.650. The Labute approximate surface area is 155 Å². The maximum atomic E-state index is 10.8. The van der Waals surface area contributed by atoms with Gasteiger partial charge in [-0.1, -0.05) is 30.3 Å². The molecule has 0 saturated carbocycles. The zero-order chi connectivity index (χ0) is 18.4. The van der Waals surface area contributed by atoms with Gasteiger partial charge in [-0.2, -0.15) is 0 Å². The van der Waals surface area contributed by atoms with Crippen LogP contribution in [0.3, 0.4) is 0 Å². The molecule has 5 nitrogen and oxygen atoms in total. The number of rotatable bonds is 7. The highest BCUT2D eigenvalue weighted by molar-refractivity contribution is 5.41. The zero-order valence-corrected chi connectivity index (χ0v) is 15.1. The number of nitrogens with two attached hydrogens (primary N) is 1. The van der Waals surface area contributed by atoms with E-state index in [1.807, 2.05) is 18.2 Å². The summed E-state index contributed by atoms with van der Waals surface area (Å²) in [6.45, 7) is 2.36. The zero-order valence-electron chi connectivity index (χ0n) is 15.1. The predicted molar refractivity (Wildman–Crippen MR) is 103 cm³/mol. The van der Waals surface area contributed by atoms with Crippen LogP contribution >= 0.6 is 0 Å². The molecule has 2 aromatic rings. The van der Waals surface area contributed by atoms with E-state index in [0.29, 0.717) is 37.2 Å². The summed E-state index contributed by atoms with van der Waals surface area (Å²) < 4.78 is 5.60. The number of aliphatic hydroxyl groups is 2. The summed E-state index contributed by atoms with van der Waals surface area (Å²) in [4.78, 5) is 2.19. The van der Waals surface area contributed by atoms with Gasteiger partial charge in [0.15, 0.2) is 0 Å². The van der Waals surface area contributed by atoms with Crippen LogP contribution in [0.4, 0.5) is 5.69 Å². The van der Waals surface area contributed by atoms with Crippen LogP contribution in [0.5, 0.6) is 5.75 Å².